The van der Waals surface area contributed by atoms with Crippen LogP contribution in [0.2, 0.25) is 0 Å². The third kappa shape index (κ3) is 31.5. The van der Waals surface area contributed by atoms with Crippen molar-refractivity contribution >= 4 is 40.9 Å². The standard InChI is InChI=1S/C27H48O7.C16H19NO2.C12H24O/c1-6-8-9-10-14-17-25(29)32-20-24(7-2)34-26(30)19-27(4,5)18-15-12-11-13-16-23(3)33-22-31-21-28;1-12(18)17(2)10-9-14-6-4-5-13-7-8-15(19-3)11-16(13)14;1-4-6-7-8-9-10-12(13)11(3)5-2/h21,24H,3,6-20,22H2,1-2,4-5H3;4-8,11H,9-10H2,1-3H3;11H,4-10H2,1-3H3. The van der Waals surface area contributed by atoms with Crippen molar-refractivity contribution < 1.29 is 47.7 Å². The summed E-state index contributed by atoms with van der Waals surface area (Å²) in [5.41, 5.74) is 1.09. The van der Waals surface area contributed by atoms with E-state index in [1.807, 2.05) is 27.0 Å². The highest BCUT2D eigenvalue weighted by molar-refractivity contribution is 5.87. The number of amides is 1. The Morgan fingerprint density at radius 1 is 0.773 bits per heavy atom. The molecule has 0 fully saturated rings. The molecule has 0 saturated heterocycles. The van der Waals surface area contributed by atoms with Gasteiger partial charge in [-0.05, 0) is 78.8 Å². The second kappa shape index (κ2) is 38.7. The van der Waals surface area contributed by atoms with Crippen LogP contribution >= 0.6 is 0 Å². The van der Waals surface area contributed by atoms with Crippen LogP contribution in [0.1, 0.15) is 196 Å². The minimum absolute atomic E-state index is 0.0902. The lowest BCUT2D eigenvalue weighted by molar-refractivity contribution is -0.161. The Kier molecular flexibility index (Phi) is 36.1. The van der Waals surface area contributed by atoms with Gasteiger partial charge in [0.15, 0.2) is 0 Å². The molecule has 2 aromatic carbocycles. The van der Waals surface area contributed by atoms with Gasteiger partial charge in [0.25, 0.3) is 6.47 Å². The van der Waals surface area contributed by atoms with E-state index >= 15 is 0 Å². The van der Waals surface area contributed by atoms with E-state index in [9.17, 15) is 24.0 Å². The fraction of sp³-hybridized carbons (Fsp3) is 0.691. The number of carbonyl (C=O) groups is 5. The first-order chi connectivity index (χ1) is 31.6. The van der Waals surface area contributed by atoms with Crippen LogP contribution in [0.4, 0.5) is 0 Å². The fourth-order valence-electron chi connectivity index (χ4n) is 7.05. The zero-order valence-electron chi connectivity index (χ0n) is 43.1. The van der Waals surface area contributed by atoms with Gasteiger partial charge < -0.3 is 28.6 Å². The number of Topliss-reactive ketones (excluding diaryl/α,β-unsaturated/α-hetero) is 1. The number of hydrogen-bond acceptors (Lipinski definition) is 10. The molecule has 1 amide bonds. The van der Waals surface area contributed by atoms with Crippen molar-refractivity contribution in [2.24, 2.45) is 11.3 Å². The Balaban J connectivity index is 0.00000109. The van der Waals surface area contributed by atoms with Crippen LogP contribution < -0.4 is 4.74 Å². The number of esters is 2. The van der Waals surface area contributed by atoms with E-state index in [1.165, 1.54) is 54.9 Å². The van der Waals surface area contributed by atoms with Gasteiger partial charge in [-0.2, -0.15) is 0 Å². The van der Waals surface area contributed by atoms with Gasteiger partial charge in [0.05, 0.1) is 19.3 Å². The van der Waals surface area contributed by atoms with Crippen molar-refractivity contribution in [3.8, 4) is 5.75 Å². The second-order valence-corrected chi connectivity index (χ2v) is 18.3. The predicted octanol–water partition coefficient (Wildman–Crippen LogP) is 13.5. The minimum atomic E-state index is -0.389. The number of allylic oxidation sites excluding steroid dienone is 1. The van der Waals surface area contributed by atoms with Crippen molar-refractivity contribution in [2.75, 3.05) is 34.1 Å². The van der Waals surface area contributed by atoms with Gasteiger partial charge in [0.1, 0.15) is 24.2 Å². The Morgan fingerprint density at radius 3 is 1.98 bits per heavy atom. The van der Waals surface area contributed by atoms with Crippen molar-refractivity contribution in [3.63, 3.8) is 0 Å². The van der Waals surface area contributed by atoms with Crippen LogP contribution in [0.15, 0.2) is 48.7 Å². The summed E-state index contributed by atoms with van der Waals surface area (Å²) >= 11 is 0. The second-order valence-electron chi connectivity index (χ2n) is 18.3. The van der Waals surface area contributed by atoms with Crippen LogP contribution in [-0.2, 0) is 49.3 Å². The molecule has 0 bridgehead atoms. The summed E-state index contributed by atoms with van der Waals surface area (Å²) < 4.78 is 25.8. The largest absolute Gasteiger partial charge is 0.497 e. The van der Waals surface area contributed by atoms with E-state index in [4.69, 9.17) is 18.9 Å². The molecular formula is C55H91NO10. The number of likely N-dealkylation sites (N-methyl/N-ethyl adjacent to an activating group) is 1. The van der Waals surface area contributed by atoms with Crippen LogP contribution in [0.25, 0.3) is 10.8 Å². The molecule has 0 heterocycles. The van der Waals surface area contributed by atoms with E-state index in [0.717, 1.165) is 95.8 Å². The maximum Gasteiger partial charge on any atom is 0.306 e. The maximum atomic E-state index is 12.4. The number of ether oxygens (including phenoxy) is 5. The predicted molar refractivity (Wildman–Crippen MR) is 268 cm³/mol. The van der Waals surface area contributed by atoms with Gasteiger partial charge in [-0.1, -0.05) is 150 Å². The Bertz CT molecular complexity index is 1640. The van der Waals surface area contributed by atoms with E-state index in [-0.39, 0.29) is 48.7 Å². The number of unbranched alkanes of at least 4 members (excludes halogenated alkanes) is 11. The zero-order chi connectivity index (χ0) is 49.6. The molecule has 0 saturated carbocycles. The minimum Gasteiger partial charge on any atom is -0.497 e. The van der Waals surface area contributed by atoms with Gasteiger partial charge in [0, 0.05) is 45.7 Å². The third-order valence-electron chi connectivity index (χ3n) is 11.9. The lowest BCUT2D eigenvalue weighted by Crippen LogP contribution is -2.27. The van der Waals surface area contributed by atoms with Crippen molar-refractivity contribution in [2.45, 2.75) is 203 Å². The molecule has 0 aliphatic rings. The number of rotatable bonds is 35. The van der Waals surface area contributed by atoms with Crippen LogP contribution in [0.5, 0.6) is 5.75 Å². The van der Waals surface area contributed by atoms with Gasteiger partial charge in [-0.15, -0.1) is 0 Å². The molecule has 2 atom stereocenters. The van der Waals surface area contributed by atoms with E-state index in [2.05, 4.69) is 76.3 Å². The van der Waals surface area contributed by atoms with Crippen molar-refractivity contribution in [3.05, 3.63) is 54.3 Å². The van der Waals surface area contributed by atoms with Crippen LogP contribution in [-0.4, -0.2) is 75.2 Å². The Hall–Kier alpha value is -4.41. The van der Waals surface area contributed by atoms with E-state index in [1.54, 1.807) is 18.9 Å². The molecule has 2 rings (SSSR count). The molecule has 2 unspecified atom stereocenters. The fourth-order valence-corrected chi connectivity index (χ4v) is 7.05. The molecule has 376 valence electrons. The highest BCUT2D eigenvalue weighted by atomic mass is 16.7. The first-order valence-corrected chi connectivity index (χ1v) is 25.1. The Labute approximate surface area is 400 Å². The molecule has 0 aliphatic heterocycles. The molecule has 0 N–H and O–H groups in total. The number of ketones is 1. The average Bonchev–Trinajstić information content (AvgIpc) is 3.30. The lowest BCUT2D eigenvalue weighted by atomic mass is 9.83. The normalized spacial score (nSPS) is 11.7. The zero-order valence-corrected chi connectivity index (χ0v) is 43.1. The summed E-state index contributed by atoms with van der Waals surface area (Å²) in [5, 5.41) is 2.39. The van der Waals surface area contributed by atoms with Gasteiger partial charge in [-0.25, -0.2) is 0 Å². The molecule has 11 nitrogen and oxygen atoms in total. The summed E-state index contributed by atoms with van der Waals surface area (Å²) in [5.74, 6) is 1.87. The van der Waals surface area contributed by atoms with Gasteiger partial charge >= 0.3 is 11.9 Å². The van der Waals surface area contributed by atoms with E-state index < -0.39 is 0 Å². The summed E-state index contributed by atoms with van der Waals surface area (Å²) in [4.78, 5) is 58.8. The van der Waals surface area contributed by atoms with Crippen molar-refractivity contribution in [1.82, 2.24) is 4.90 Å². The summed E-state index contributed by atoms with van der Waals surface area (Å²) in [6.45, 7) is 21.1. The van der Waals surface area contributed by atoms with E-state index in [0.29, 0.717) is 37.3 Å². The molecule has 0 aromatic heterocycles. The number of methoxy groups -OCH3 is 1. The summed E-state index contributed by atoms with van der Waals surface area (Å²) in [6, 6.07) is 12.3. The third-order valence-corrected chi connectivity index (χ3v) is 11.9. The molecule has 0 spiro atoms. The summed E-state index contributed by atoms with van der Waals surface area (Å²) in [6.07, 6.45) is 21.0. The molecule has 66 heavy (non-hydrogen) atoms. The van der Waals surface area contributed by atoms with Crippen LogP contribution in [0.3, 0.4) is 0 Å². The molecular weight excluding hydrogens is 835 g/mol. The quantitative estimate of drug-likeness (QED) is 0.0164. The number of carbonyl (C=O) groups excluding carboxylic acids is 5. The molecule has 0 aliphatic carbocycles. The first kappa shape index (κ1) is 61.6. The Morgan fingerprint density at radius 2 is 1.39 bits per heavy atom. The van der Waals surface area contributed by atoms with Gasteiger partial charge in [-0.3, -0.25) is 24.0 Å². The number of benzene rings is 2. The topological polar surface area (TPSA) is 135 Å². The molecule has 2 aromatic rings. The highest BCUT2D eigenvalue weighted by Gasteiger charge is 2.25. The SMILES string of the molecule is C=C(CCCCCCC(C)(C)CC(=O)OC(CC)COC(=O)CCCCCCC)OCOC=O.CCCCCCCC(=O)C(C)CC.COc1ccc2cccc(CCN(C)C(C)=O)c2c1. The maximum absolute atomic E-state index is 12.4. The first-order valence-electron chi connectivity index (χ1n) is 25.1. The number of fused-ring (bicyclic) bond motifs is 1. The number of hydrogen-bond donors (Lipinski definition) is 0. The smallest absolute Gasteiger partial charge is 0.306 e. The van der Waals surface area contributed by atoms with Crippen LogP contribution in [0, 0.1) is 11.3 Å². The molecule has 0 radical (unpaired) electrons. The highest BCUT2D eigenvalue weighted by Crippen LogP contribution is 2.29. The molecule has 11 heteroatoms. The average molecular weight is 926 g/mol. The number of nitrogens with zero attached hydrogens (tertiary/aromatic N) is 1. The monoisotopic (exact) mass is 926 g/mol. The lowest BCUT2D eigenvalue weighted by Gasteiger charge is -2.25. The summed E-state index contributed by atoms with van der Waals surface area (Å²) in [7, 11) is 3.50. The van der Waals surface area contributed by atoms with Gasteiger partial charge in [0.2, 0.25) is 12.7 Å². The van der Waals surface area contributed by atoms with Crippen molar-refractivity contribution in [1.29, 1.82) is 0 Å².